The highest BCUT2D eigenvalue weighted by atomic mass is 16.7. The monoisotopic (exact) mass is 428 g/mol. The van der Waals surface area contributed by atoms with E-state index in [0.717, 1.165) is 0 Å². The Kier molecular flexibility index (Phi) is 8.80. The lowest BCUT2D eigenvalue weighted by Gasteiger charge is -2.39. The minimum absolute atomic E-state index is 0.183. The van der Waals surface area contributed by atoms with E-state index >= 15 is 0 Å². The van der Waals surface area contributed by atoms with Crippen LogP contribution in [0.5, 0.6) is 0 Å². The summed E-state index contributed by atoms with van der Waals surface area (Å²) in [6, 6.07) is 6.97. The summed E-state index contributed by atoms with van der Waals surface area (Å²) >= 11 is 0. The van der Waals surface area contributed by atoms with E-state index in [9.17, 15) is 29.7 Å². The Balaban J connectivity index is 2.01. The number of hydrogen-bond acceptors (Lipinski definition) is 11. The van der Waals surface area contributed by atoms with Gasteiger partial charge in [-0.15, -0.1) is 0 Å². The number of Topliss-reactive ketones (excluding diaryl/α,β-unsaturated/α-hetero) is 1. The zero-order valence-corrected chi connectivity index (χ0v) is 15.8. The fourth-order valence-corrected chi connectivity index (χ4v) is 2.69. The van der Waals surface area contributed by atoms with Crippen LogP contribution in [0.3, 0.4) is 0 Å². The van der Waals surface area contributed by atoms with Gasteiger partial charge in [-0.2, -0.15) is 5.48 Å². The lowest BCUT2D eigenvalue weighted by molar-refractivity contribution is -0.304. The third-order valence-electron chi connectivity index (χ3n) is 4.32. The van der Waals surface area contributed by atoms with Gasteiger partial charge in [0.1, 0.15) is 37.1 Å². The Morgan fingerprint density at radius 2 is 1.80 bits per heavy atom. The van der Waals surface area contributed by atoms with E-state index in [4.69, 9.17) is 25.2 Å². The molecule has 0 saturated carbocycles. The molecule has 1 aliphatic rings. The largest absolute Gasteiger partial charge is 0.455 e. The Labute approximate surface area is 171 Å². The molecule has 0 radical (unpaired) electrons. The molecule has 0 aliphatic carbocycles. The van der Waals surface area contributed by atoms with Gasteiger partial charge < -0.3 is 35.6 Å². The van der Waals surface area contributed by atoms with Gasteiger partial charge in [-0.25, -0.2) is 4.79 Å². The summed E-state index contributed by atoms with van der Waals surface area (Å²) < 4.78 is 9.71. The van der Waals surface area contributed by atoms with Crippen LogP contribution in [0.25, 0.3) is 0 Å². The molecule has 1 unspecified atom stereocenters. The van der Waals surface area contributed by atoms with Crippen molar-refractivity contribution in [1.29, 1.82) is 0 Å². The number of nitrogens with one attached hydrogen (secondary N) is 1. The first-order chi connectivity index (χ1) is 14.2. The number of carbonyl (C=O) groups is 3. The van der Waals surface area contributed by atoms with Crippen LogP contribution in [0.4, 0.5) is 0 Å². The van der Waals surface area contributed by atoms with Gasteiger partial charge >= 0.3 is 5.97 Å². The molecular formula is C18H24N2O10. The SMILES string of the molecule is NC(=O)C[C@H](NO[C@H]1[C@H](O)[C@@H](CO)OC(O)[C@H]1O)C(=O)C(=O)OCc1ccccc1. The predicted octanol–water partition coefficient (Wildman–Crippen LogP) is -3.14. The van der Waals surface area contributed by atoms with Crippen LogP contribution in [0.2, 0.25) is 0 Å². The van der Waals surface area contributed by atoms with E-state index in [1.54, 1.807) is 30.3 Å². The van der Waals surface area contributed by atoms with Crippen molar-refractivity contribution < 1.29 is 49.1 Å². The van der Waals surface area contributed by atoms with E-state index in [1.807, 2.05) is 0 Å². The molecule has 0 spiro atoms. The Morgan fingerprint density at radius 1 is 1.13 bits per heavy atom. The van der Waals surface area contributed by atoms with Gasteiger partial charge in [-0.3, -0.25) is 14.4 Å². The molecule has 12 nitrogen and oxygen atoms in total. The van der Waals surface area contributed by atoms with Gasteiger partial charge in [0.2, 0.25) is 5.91 Å². The van der Waals surface area contributed by atoms with Crippen molar-refractivity contribution in [3.63, 3.8) is 0 Å². The summed E-state index contributed by atoms with van der Waals surface area (Å²) in [4.78, 5) is 40.8. The molecule has 1 fully saturated rings. The highest BCUT2D eigenvalue weighted by molar-refractivity contribution is 6.36. The average Bonchev–Trinajstić information content (AvgIpc) is 2.73. The van der Waals surface area contributed by atoms with Crippen LogP contribution < -0.4 is 11.2 Å². The molecule has 0 aromatic heterocycles. The lowest BCUT2D eigenvalue weighted by Crippen LogP contribution is -2.61. The van der Waals surface area contributed by atoms with E-state index in [0.29, 0.717) is 5.56 Å². The summed E-state index contributed by atoms with van der Waals surface area (Å²) in [5.74, 6) is -3.38. The van der Waals surface area contributed by atoms with E-state index in [1.165, 1.54) is 0 Å². The Hall–Kier alpha value is -2.45. The van der Waals surface area contributed by atoms with Gasteiger partial charge in [0.15, 0.2) is 6.29 Å². The predicted molar refractivity (Wildman–Crippen MR) is 96.8 cm³/mol. The molecule has 2 rings (SSSR count). The first-order valence-corrected chi connectivity index (χ1v) is 8.99. The maximum absolute atomic E-state index is 12.4. The normalized spacial score (nSPS) is 27.3. The van der Waals surface area contributed by atoms with Crippen LogP contribution in [-0.2, 0) is 35.3 Å². The molecule has 1 saturated heterocycles. The number of benzene rings is 1. The highest BCUT2D eigenvalue weighted by Gasteiger charge is 2.45. The van der Waals surface area contributed by atoms with Crippen molar-refractivity contribution in [1.82, 2.24) is 5.48 Å². The minimum Gasteiger partial charge on any atom is -0.455 e. The van der Waals surface area contributed by atoms with Crippen LogP contribution >= 0.6 is 0 Å². The fraction of sp³-hybridized carbons (Fsp3) is 0.500. The number of primary amides is 1. The number of hydrogen-bond donors (Lipinski definition) is 6. The molecule has 1 aromatic rings. The summed E-state index contributed by atoms with van der Waals surface area (Å²) in [6.07, 6.45) is -8.65. The van der Waals surface area contributed by atoms with Crippen molar-refractivity contribution in [2.24, 2.45) is 5.73 Å². The Bertz CT molecular complexity index is 731. The molecule has 1 amide bonds. The maximum Gasteiger partial charge on any atom is 0.376 e. The number of ether oxygens (including phenoxy) is 2. The minimum atomic E-state index is -1.79. The molecule has 166 valence electrons. The summed E-state index contributed by atoms with van der Waals surface area (Å²) in [7, 11) is 0. The van der Waals surface area contributed by atoms with Gasteiger partial charge in [0.05, 0.1) is 13.0 Å². The summed E-state index contributed by atoms with van der Waals surface area (Å²) in [5.41, 5.74) is 7.83. The first kappa shape index (κ1) is 23.8. The molecule has 12 heteroatoms. The standard InChI is InChI=1S/C18H24N2O10/c19-12(22)6-10(13(23)17(26)28-8-9-4-2-1-3-5-9)20-30-16-14(24)11(7-21)29-18(27)15(16)25/h1-5,10-11,14-16,18,20-21,24-25,27H,6-8H2,(H2,19,22)/t10-,11+,14+,15-,16-,18?/m0/s1. The van der Waals surface area contributed by atoms with Crippen molar-refractivity contribution in [3.05, 3.63) is 35.9 Å². The molecule has 30 heavy (non-hydrogen) atoms. The quantitative estimate of drug-likeness (QED) is 0.125. The number of aliphatic hydroxyl groups excluding tert-OH is 4. The lowest BCUT2D eigenvalue weighted by atomic mass is 9.99. The second-order valence-electron chi connectivity index (χ2n) is 6.58. The van der Waals surface area contributed by atoms with E-state index < -0.39 is 67.4 Å². The number of esters is 1. The van der Waals surface area contributed by atoms with E-state index in [-0.39, 0.29) is 6.61 Å². The molecule has 7 N–H and O–H groups in total. The molecule has 1 heterocycles. The molecular weight excluding hydrogens is 404 g/mol. The van der Waals surface area contributed by atoms with Gasteiger partial charge in [-0.05, 0) is 5.56 Å². The van der Waals surface area contributed by atoms with Crippen molar-refractivity contribution >= 4 is 17.7 Å². The number of carbonyl (C=O) groups excluding carboxylic acids is 3. The first-order valence-electron chi connectivity index (χ1n) is 8.99. The van der Waals surface area contributed by atoms with Gasteiger partial charge in [-0.1, -0.05) is 30.3 Å². The molecule has 1 aliphatic heterocycles. The number of rotatable bonds is 10. The van der Waals surface area contributed by atoms with Crippen LogP contribution in [0.15, 0.2) is 30.3 Å². The second kappa shape index (κ2) is 11.1. The van der Waals surface area contributed by atoms with Crippen molar-refractivity contribution in [3.8, 4) is 0 Å². The van der Waals surface area contributed by atoms with Crippen LogP contribution in [0.1, 0.15) is 12.0 Å². The fourth-order valence-electron chi connectivity index (χ4n) is 2.69. The molecule has 1 aromatic carbocycles. The zero-order valence-electron chi connectivity index (χ0n) is 15.8. The second-order valence-corrected chi connectivity index (χ2v) is 6.58. The number of amides is 1. The van der Waals surface area contributed by atoms with Crippen molar-refractivity contribution in [2.45, 2.75) is 49.8 Å². The zero-order chi connectivity index (χ0) is 22.3. The van der Waals surface area contributed by atoms with Crippen LogP contribution in [-0.4, -0.2) is 81.4 Å². The summed E-state index contributed by atoms with van der Waals surface area (Å²) in [6.45, 7) is -0.877. The maximum atomic E-state index is 12.4. The van der Waals surface area contributed by atoms with E-state index in [2.05, 4.69) is 5.48 Å². The third-order valence-corrected chi connectivity index (χ3v) is 4.32. The number of ketones is 1. The summed E-state index contributed by atoms with van der Waals surface area (Å²) in [5, 5.41) is 38.8. The molecule has 6 atom stereocenters. The Morgan fingerprint density at radius 3 is 2.40 bits per heavy atom. The number of aliphatic hydroxyl groups is 4. The highest BCUT2D eigenvalue weighted by Crippen LogP contribution is 2.22. The van der Waals surface area contributed by atoms with Gasteiger partial charge in [0.25, 0.3) is 5.78 Å². The third kappa shape index (κ3) is 6.27. The van der Waals surface area contributed by atoms with Crippen molar-refractivity contribution in [2.75, 3.05) is 6.61 Å². The smallest absolute Gasteiger partial charge is 0.376 e. The topological polar surface area (TPSA) is 198 Å². The molecule has 0 bridgehead atoms. The van der Waals surface area contributed by atoms with Crippen LogP contribution in [0, 0.1) is 0 Å². The average molecular weight is 428 g/mol. The number of hydroxylamine groups is 1. The number of nitrogens with two attached hydrogens (primary N) is 1. The van der Waals surface area contributed by atoms with Gasteiger partial charge in [0, 0.05) is 0 Å².